The molecule has 1 heterocycles. The number of hydrogen-bond donors (Lipinski definition) is 1. The Morgan fingerprint density at radius 3 is 2.56 bits per heavy atom. The van der Waals surface area contributed by atoms with Gasteiger partial charge in [-0.25, -0.2) is 4.79 Å². The maximum atomic E-state index is 13.4. The Morgan fingerprint density at radius 2 is 1.91 bits per heavy atom. The summed E-state index contributed by atoms with van der Waals surface area (Å²) in [5.41, 5.74) is 4.12. The fourth-order valence-electron chi connectivity index (χ4n) is 3.74. The van der Waals surface area contributed by atoms with Gasteiger partial charge in [0.1, 0.15) is 12.4 Å². The molecule has 2 aromatic rings. The molecule has 1 amide bonds. The first-order chi connectivity index (χ1) is 16.3. The van der Waals surface area contributed by atoms with Crippen LogP contribution in [0.5, 0.6) is 5.75 Å². The molecule has 0 radical (unpaired) electrons. The summed E-state index contributed by atoms with van der Waals surface area (Å²) in [6, 6.07) is 11.5. The molecule has 0 bridgehead atoms. The molecule has 2 aromatic carbocycles. The second kappa shape index (κ2) is 11.2. The fraction of sp³-hybridized carbons (Fsp3) is 0.333. The molecule has 7 nitrogen and oxygen atoms in total. The van der Waals surface area contributed by atoms with Crippen molar-refractivity contribution >= 4 is 11.9 Å². The van der Waals surface area contributed by atoms with Crippen LogP contribution in [0.25, 0.3) is 0 Å². The number of esters is 1. The van der Waals surface area contributed by atoms with Crippen molar-refractivity contribution in [3.63, 3.8) is 0 Å². The highest BCUT2D eigenvalue weighted by Crippen LogP contribution is 2.42. The summed E-state index contributed by atoms with van der Waals surface area (Å²) < 4.78 is 51.3. The Balaban J connectivity index is 2.06. The number of hydrogen-bond acceptors (Lipinski definition) is 6. The van der Waals surface area contributed by atoms with Crippen LogP contribution in [0.2, 0.25) is 0 Å². The van der Waals surface area contributed by atoms with Crippen LogP contribution in [0.4, 0.5) is 13.2 Å². The first kappa shape index (κ1) is 25.3. The van der Waals surface area contributed by atoms with Crippen LogP contribution in [0.3, 0.4) is 0 Å². The van der Waals surface area contributed by atoms with Gasteiger partial charge in [-0.15, -0.1) is 6.58 Å². The number of nitrogens with one attached hydrogen (secondary N) is 1. The minimum atomic E-state index is -5.18. The summed E-state index contributed by atoms with van der Waals surface area (Å²) in [5, 5.41) is 0. The molecule has 2 atom stereocenters. The molecule has 0 fully saturated rings. The van der Waals surface area contributed by atoms with E-state index in [-0.39, 0.29) is 25.4 Å². The molecule has 3 rings (SSSR count). The highest BCUT2D eigenvalue weighted by molar-refractivity contribution is 5.89. The predicted octanol–water partition coefficient (Wildman–Crippen LogP) is 4.02. The number of fused-ring (bicyclic) bond motifs is 1. The monoisotopic (exact) mass is 478 g/mol. The molecule has 2 unspecified atom stereocenters. The van der Waals surface area contributed by atoms with Crippen LogP contribution in [0.15, 0.2) is 61.2 Å². The van der Waals surface area contributed by atoms with Gasteiger partial charge in [0.2, 0.25) is 0 Å². The lowest BCUT2D eigenvalue weighted by Gasteiger charge is -2.40. The van der Waals surface area contributed by atoms with Gasteiger partial charge in [-0.1, -0.05) is 48.5 Å². The number of carbonyl (C=O) groups excluding carboxylic acids is 2. The molecule has 0 saturated heterocycles. The summed E-state index contributed by atoms with van der Waals surface area (Å²) in [5.74, 6) is -2.77. The Hall–Kier alpha value is -3.37. The molecular weight excluding hydrogens is 453 g/mol. The summed E-state index contributed by atoms with van der Waals surface area (Å²) >= 11 is 0. The minimum absolute atomic E-state index is 0.0625. The van der Waals surface area contributed by atoms with Gasteiger partial charge < -0.3 is 14.4 Å². The third-order valence-electron chi connectivity index (χ3n) is 5.11. The van der Waals surface area contributed by atoms with Crippen LogP contribution >= 0.6 is 0 Å². The van der Waals surface area contributed by atoms with Gasteiger partial charge in [0.15, 0.2) is 6.04 Å². The van der Waals surface area contributed by atoms with Gasteiger partial charge in [0.05, 0.1) is 19.3 Å². The smallest absolute Gasteiger partial charge is 0.471 e. The highest BCUT2D eigenvalue weighted by atomic mass is 19.4. The summed E-state index contributed by atoms with van der Waals surface area (Å²) in [6.45, 7) is 4.75. The molecular formula is C24H25F3N2O5. The average molecular weight is 478 g/mol. The SMILES string of the molecule is C=CCONC1CN(C(=O)C(F)(F)F)C(C(=O)OCC)c2cccc(OCc3ccccc3)c21. The second-order valence-electron chi connectivity index (χ2n) is 7.41. The molecule has 10 heteroatoms. The number of amides is 1. The third kappa shape index (κ3) is 5.75. The van der Waals surface area contributed by atoms with E-state index >= 15 is 0 Å². The lowest BCUT2D eigenvalue weighted by molar-refractivity contribution is -0.192. The van der Waals surface area contributed by atoms with Crippen LogP contribution in [0, 0.1) is 0 Å². The zero-order valence-electron chi connectivity index (χ0n) is 18.5. The van der Waals surface area contributed by atoms with Crippen LogP contribution in [0.1, 0.15) is 35.7 Å². The number of halogens is 3. The molecule has 0 saturated carbocycles. The average Bonchev–Trinajstić information content (AvgIpc) is 2.82. The first-order valence-corrected chi connectivity index (χ1v) is 10.6. The minimum Gasteiger partial charge on any atom is -0.489 e. The fourth-order valence-corrected chi connectivity index (χ4v) is 3.74. The number of benzene rings is 2. The number of hydroxylamine groups is 1. The van der Waals surface area contributed by atoms with Crippen molar-refractivity contribution in [2.45, 2.75) is 31.8 Å². The van der Waals surface area contributed by atoms with E-state index < -0.39 is 36.7 Å². The molecule has 0 spiro atoms. The molecule has 0 aromatic heterocycles. The van der Waals surface area contributed by atoms with E-state index in [1.165, 1.54) is 19.1 Å². The quantitative estimate of drug-likeness (QED) is 0.254. The maximum absolute atomic E-state index is 13.4. The Labute approximate surface area is 195 Å². The normalized spacial score (nSPS) is 17.6. The van der Waals surface area contributed by atoms with Crippen molar-refractivity contribution in [1.82, 2.24) is 10.4 Å². The molecule has 34 heavy (non-hydrogen) atoms. The van der Waals surface area contributed by atoms with E-state index in [1.54, 1.807) is 12.1 Å². The van der Waals surface area contributed by atoms with E-state index in [1.807, 2.05) is 30.3 Å². The largest absolute Gasteiger partial charge is 0.489 e. The summed E-state index contributed by atoms with van der Waals surface area (Å²) in [4.78, 5) is 30.8. The zero-order chi connectivity index (χ0) is 24.7. The summed E-state index contributed by atoms with van der Waals surface area (Å²) in [6.07, 6.45) is -3.73. The van der Waals surface area contributed by atoms with Gasteiger partial charge in [-0.2, -0.15) is 18.7 Å². The maximum Gasteiger partial charge on any atom is 0.471 e. The Kier molecular flexibility index (Phi) is 8.30. The summed E-state index contributed by atoms with van der Waals surface area (Å²) in [7, 11) is 0. The van der Waals surface area contributed by atoms with Gasteiger partial charge in [-0.05, 0) is 24.1 Å². The number of rotatable bonds is 9. The van der Waals surface area contributed by atoms with Gasteiger partial charge in [-0.3, -0.25) is 9.63 Å². The predicted molar refractivity (Wildman–Crippen MR) is 116 cm³/mol. The van der Waals surface area contributed by atoms with Crippen molar-refractivity contribution in [2.75, 3.05) is 19.8 Å². The highest BCUT2D eigenvalue weighted by Gasteiger charge is 2.50. The Morgan fingerprint density at radius 1 is 1.18 bits per heavy atom. The first-order valence-electron chi connectivity index (χ1n) is 10.6. The van der Waals surface area contributed by atoms with Crippen LogP contribution in [-0.4, -0.2) is 42.7 Å². The zero-order valence-corrected chi connectivity index (χ0v) is 18.5. The molecule has 0 aliphatic carbocycles. The van der Waals surface area contributed by atoms with Crippen molar-refractivity contribution in [1.29, 1.82) is 0 Å². The van der Waals surface area contributed by atoms with Gasteiger partial charge in [0.25, 0.3) is 0 Å². The van der Waals surface area contributed by atoms with Crippen LogP contribution in [-0.2, 0) is 25.8 Å². The van der Waals surface area contributed by atoms with Crippen molar-refractivity contribution < 1.29 is 37.1 Å². The van der Waals surface area contributed by atoms with E-state index in [9.17, 15) is 22.8 Å². The Bertz CT molecular complexity index is 1010. The third-order valence-corrected chi connectivity index (χ3v) is 5.11. The number of ether oxygens (including phenoxy) is 2. The van der Waals surface area contributed by atoms with Gasteiger partial charge >= 0.3 is 18.1 Å². The number of carbonyl (C=O) groups is 2. The van der Waals surface area contributed by atoms with E-state index in [4.69, 9.17) is 14.3 Å². The van der Waals surface area contributed by atoms with E-state index in [0.717, 1.165) is 5.56 Å². The van der Waals surface area contributed by atoms with Crippen molar-refractivity contribution in [2.24, 2.45) is 0 Å². The van der Waals surface area contributed by atoms with Crippen molar-refractivity contribution in [3.05, 3.63) is 77.9 Å². The van der Waals surface area contributed by atoms with E-state index in [0.29, 0.717) is 16.2 Å². The lowest BCUT2D eigenvalue weighted by atomic mass is 9.88. The number of alkyl halides is 3. The standard InChI is InChI=1S/C24H25F3N2O5/c1-3-13-34-28-18-14-29(23(31)24(25,26)27)21(22(30)32-4-2)17-11-8-12-19(20(17)18)33-15-16-9-6-5-7-10-16/h3,5-12,18,21,28H,1,4,13-15H2,2H3. The second-order valence-corrected chi connectivity index (χ2v) is 7.41. The van der Waals surface area contributed by atoms with Crippen molar-refractivity contribution in [3.8, 4) is 5.75 Å². The van der Waals surface area contributed by atoms with Gasteiger partial charge in [0, 0.05) is 12.1 Å². The number of nitrogens with zero attached hydrogens (tertiary/aromatic N) is 1. The molecule has 182 valence electrons. The molecule has 1 aliphatic rings. The lowest BCUT2D eigenvalue weighted by Crippen LogP contribution is -2.52. The topological polar surface area (TPSA) is 77.1 Å². The molecule has 1 N–H and O–H groups in total. The molecule has 1 aliphatic heterocycles. The van der Waals surface area contributed by atoms with Crippen LogP contribution < -0.4 is 10.2 Å². The van der Waals surface area contributed by atoms with E-state index in [2.05, 4.69) is 12.1 Å².